The van der Waals surface area contributed by atoms with Gasteiger partial charge in [0.1, 0.15) is 11.4 Å². The van der Waals surface area contributed by atoms with E-state index in [4.69, 9.17) is 16.3 Å². The molecule has 0 fully saturated rings. The van der Waals surface area contributed by atoms with Gasteiger partial charge in [-0.1, -0.05) is 17.7 Å². The molecule has 23 heavy (non-hydrogen) atoms. The van der Waals surface area contributed by atoms with Crippen LogP contribution in [0.2, 0.25) is 5.02 Å². The van der Waals surface area contributed by atoms with E-state index in [1.54, 1.807) is 13.8 Å². The van der Waals surface area contributed by atoms with Gasteiger partial charge >= 0.3 is 5.97 Å². The number of carbonyl (C=O) groups excluding carboxylic acids is 3. The van der Waals surface area contributed by atoms with E-state index in [1.807, 2.05) is 0 Å². The number of carbonyl (C=O) groups is 3. The minimum atomic E-state index is -1.03. The van der Waals surface area contributed by atoms with Crippen LogP contribution >= 0.6 is 11.6 Å². The van der Waals surface area contributed by atoms with Crippen LogP contribution in [0.1, 0.15) is 24.2 Å². The zero-order valence-corrected chi connectivity index (χ0v) is 13.7. The number of hydrogen-bond donors (Lipinski definition) is 1. The predicted octanol–water partition coefficient (Wildman–Crippen LogP) is 1.62. The molecule has 0 saturated carbocycles. The summed E-state index contributed by atoms with van der Waals surface area (Å²) in [5, 5.41) is 2.46. The van der Waals surface area contributed by atoms with Crippen LogP contribution in [0.3, 0.4) is 0 Å². The van der Waals surface area contributed by atoms with E-state index >= 15 is 0 Å². The average molecular weight is 345 g/mol. The smallest absolute Gasteiger partial charge is 0.343 e. The summed E-state index contributed by atoms with van der Waals surface area (Å²) in [6, 6.07) is 3.76. The van der Waals surface area contributed by atoms with Crippen molar-refractivity contribution in [3.05, 3.63) is 34.6 Å². The van der Waals surface area contributed by atoms with Gasteiger partial charge in [-0.15, -0.1) is 0 Å². The minimum absolute atomic E-state index is 0.0999. The van der Waals surface area contributed by atoms with Crippen LogP contribution in [0.25, 0.3) is 0 Å². The first kappa shape index (κ1) is 18.9. The third kappa shape index (κ3) is 5.52. The highest BCUT2D eigenvalue weighted by Gasteiger charge is 2.21. The van der Waals surface area contributed by atoms with Crippen molar-refractivity contribution in [1.29, 1.82) is 0 Å². The topological polar surface area (TPSA) is 75.7 Å². The number of likely N-dealkylation sites (N-methyl/N-ethyl adjacent to an activating group) is 2. The molecule has 0 aliphatic rings. The Kier molecular flexibility index (Phi) is 7.47. The number of esters is 1. The maximum absolute atomic E-state index is 13.6. The van der Waals surface area contributed by atoms with Crippen molar-refractivity contribution in [2.75, 3.05) is 26.2 Å². The van der Waals surface area contributed by atoms with Crippen molar-refractivity contribution in [2.24, 2.45) is 0 Å². The first-order valence-corrected chi connectivity index (χ1v) is 7.44. The van der Waals surface area contributed by atoms with E-state index in [9.17, 15) is 18.8 Å². The highest BCUT2D eigenvalue weighted by Crippen LogP contribution is 2.19. The van der Waals surface area contributed by atoms with Gasteiger partial charge in [0.15, 0.2) is 6.61 Å². The van der Waals surface area contributed by atoms with Crippen LogP contribution in [0.5, 0.6) is 0 Å². The number of amides is 2. The van der Waals surface area contributed by atoms with E-state index in [2.05, 4.69) is 5.32 Å². The minimum Gasteiger partial charge on any atom is -0.452 e. The Morgan fingerprint density at radius 3 is 2.57 bits per heavy atom. The summed E-state index contributed by atoms with van der Waals surface area (Å²) in [5.74, 6) is -2.73. The standard InChI is InChI=1S/C15H18ClFN2O4/c1-3-18-12(20)8-19(4-2)13(21)9-23-15(22)14-10(16)6-5-7-11(14)17/h5-7H,3-4,8-9H2,1-2H3,(H,18,20). The van der Waals surface area contributed by atoms with Crippen molar-refractivity contribution in [1.82, 2.24) is 10.2 Å². The van der Waals surface area contributed by atoms with E-state index in [0.717, 1.165) is 6.07 Å². The molecule has 0 heterocycles. The molecule has 1 aromatic carbocycles. The van der Waals surface area contributed by atoms with Crippen LogP contribution < -0.4 is 5.32 Å². The van der Waals surface area contributed by atoms with Gasteiger partial charge in [0.2, 0.25) is 5.91 Å². The zero-order chi connectivity index (χ0) is 17.4. The van der Waals surface area contributed by atoms with Crippen LogP contribution in [0.4, 0.5) is 4.39 Å². The van der Waals surface area contributed by atoms with Crippen molar-refractivity contribution < 1.29 is 23.5 Å². The number of nitrogens with zero attached hydrogens (tertiary/aromatic N) is 1. The number of hydrogen-bond acceptors (Lipinski definition) is 4. The summed E-state index contributed by atoms with van der Waals surface area (Å²) in [7, 11) is 0. The van der Waals surface area contributed by atoms with E-state index in [-0.39, 0.29) is 24.0 Å². The number of nitrogens with one attached hydrogen (secondary N) is 1. The first-order chi connectivity index (χ1) is 10.9. The van der Waals surface area contributed by atoms with Crippen LogP contribution in [-0.2, 0) is 14.3 Å². The Hall–Kier alpha value is -2.15. The van der Waals surface area contributed by atoms with Crippen LogP contribution in [0, 0.1) is 5.82 Å². The fourth-order valence-electron chi connectivity index (χ4n) is 1.79. The third-order valence-corrected chi connectivity index (χ3v) is 3.25. The maximum atomic E-state index is 13.6. The highest BCUT2D eigenvalue weighted by atomic mass is 35.5. The van der Waals surface area contributed by atoms with E-state index in [1.165, 1.54) is 17.0 Å². The second kappa shape index (κ2) is 9.09. The Bertz CT molecular complexity index is 575. The van der Waals surface area contributed by atoms with Gasteiger partial charge in [0.25, 0.3) is 5.91 Å². The molecule has 0 saturated heterocycles. The fraction of sp³-hybridized carbons (Fsp3) is 0.400. The fourth-order valence-corrected chi connectivity index (χ4v) is 2.03. The van der Waals surface area contributed by atoms with Gasteiger partial charge in [-0.05, 0) is 26.0 Å². The van der Waals surface area contributed by atoms with Gasteiger partial charge in [-0.25, -0.2) is 9.18 Å². The SMILES string of the molecule is CCNC(=O)CN(CC)C(=O)COC(=O)c1c(F)cccc1Cl. The molecule has 126 valence electrons. The molecule has 0 radical (unpaired) electrons. The van der Waals surface area contributed by atoms with Crippen molar-refractivity contribution in [3.63, 3.8) is 0 Å². The zero-order valence-electron chi connectivity index (χ0n) is 12.9. The lowest BCUT2D eigenvalue weighted by Crippen LogP contribution is -2.42. The number of benzene rings is 1. The molecule has 0 bridgehead atoms. The number of ether oxygens (including phenoxy) is 1. The predicted molar refractivity (Wildman–Crippen MR) is 82.6 cm³/mol. The molecule has 1 aromatic rings. The summed E-state index contributed by atoms with van der Waals surface area (Å²) in [6.07, 6.45) is 0. The Labute approximate surface area is 138 Å². The highest BCUT2D eigenvalue weighted by molar-refractivity contribution is 6.33. The van der Waals surface area contributed by atoms with Gasteiger partial charge in [0.05, 0.1) is 11.6 Å². The van der Waals surface area contributed by atoms with Crippen LogP contribution in [0.15, 0.2) is 18.2 Å². The molecule has 6 nitrogen and oxygen atoms in total. The second-order valence-electron chi connectivity index (χ2n) is 4.53. The van der Waals surface area contributed by atoms with Gasteiger partial charge in [-0.2, -0.15) is 0 Å². The lowest BCUT2D eigenvalue weighted by atomic mass is 10.2. The molecule has 2 amide bonds. The molecule has 0 spiro atoms. The summed E-state index contributed by atoms with van der Waals surface area (Å²) >= 11 is 5.74. The summed E-state index contributed by atoms with van der Waals surface area (Å²) < 4.78 is 18.4. The lowest BCUT2D eigenvalue weighted by molar-refractivity contribution is -0.138. The molecule has 8 heteroatoms. The quantitative estimate of drug-likeness (QED) is 0.763. The Morgan fingerprint density at radius 2 is 2.00 bits per heavy atom. The molecule has 0 aromatic heterocycles. The molecule has 0 aliphatic heterocycles. The second-order valence-corrected chi connectivity index (χ2v) is 4.94. The third-order valence-electron chi connectivity index (χ3n) is 2.94. The van der Waals surface area contributed by atoms with Crippen molar-refractivity contribution in [2.45, 2.75) is 13.8 Å². The van der Waals surface area contributed by atoms with Gasteiger partial charge in [0, 0.05) is 13.1 Å². The largest absolute Gasteiger partial charge is 0.452 e. The number of halogens is 2. The normalized spacial score (nSPS) is 10.1. The Morgan fingerprint density at radius 1 is 1.30 bits per heavy atom. The maximum Gasteiger partial charge on any atom is 0.343 e. The van der Waals surface area contributed by atoms with E-state index in [0.29, 0.717) is 6.54 Å². The summed E-state index contributed by atoms with van der Waals surface area (Å²) in [5.41, 5.74) is -0.422. The van der Waals surface area contributed by atoms with Crippen LogP contribution in [-0.4, -0.2) is 48.9 Å². The first-order valence-electron chi connectivity index (χ1n) is 7.06. The molecule has 0 aliphatic carbocycles. The van der Waals surface area contributed by atoms with Crippen molar-refractivity contribution >= 4 is 29.4 Å². The Balaban J connectivity index is 2.63. The molecule has 1 rings (SSSR count). The molecule has 0 atom stereocenters. The molecule has 0 unspecified atom stereocenters. The summed E-state index contributed by atoms with van der Waals surface area (Å²) in [4.78, 5) is 36.5. The number of rotatable bonds is 7. The molecule has 1 N–H and O–H groups in total. The molecular formula is C15H18ClFN2O4. The summed E-state index contributed by atoms with van der Waals surface area (Å²) in [6.45, 7) is 3.43. The average Bonchev–Trinajstić information content (AvgIpc) is 2.50. The molecular weight excluding hydrogens is 327 g/mol. The van der Waals surface area contributed by atoms with Crippen molar-refractivity contribution in [3.8, 4) is 0 Å². The van der Waals surface area contributed by atoms with Gasteiger partial charge < -0.3 is 15.0 Å². The monoisotopic (exact) mass is 344 g/mol. The van der Waals surface area contributed by atoms with Gasteiger partial charge in [-0.3, -0.25) is 9.59 Å². The lowest BCUT2D eigenvalue weighted by Gasteiger charge is -2.20. The van der Waals surface area contributed by atoms with E-state index < -0.39 is 29.9 Å².